The quantitative estimate of drug-likeness (QED) is 0.657. The van der Waals surface area contributed by atoms with Crippen LogP contribution in [0.1, 0.15) is 47.9 Å². The zero-order chi connectivity index (χ0) is 20.7. The molecule has 1 unspecified atom stereocenters. The van der Waals surface area contributed by atoms with Gasteiger partial charge in [0.05, 0.1) is 10.7 Å². The normalized spacial score (nSPS) is 18.3. The minimum absolute atomic E-state index is 0.159. The Morgan fingerprint density at radius 2 is 2.13 bits per heavy atom. The van der Waals surface area contributed by atoms with E-state index in [1.54, 1.807) is 16.7 Å². The van der Waals surface area contributed by atoms with E-state index in [4.69, 9.17) is 21.1 Å². The van der Waals surface area contributed by atoms with Crippen LogP contribution in [0.2, 0.25) is 5.02 Å². The van der Waals surface area contributed by atoms with E-state index in [1.165, 1.54) is 19.3 Å². The zero-order valence-electron chi connectivity index (χ0n) is 16.9. The second-order valence-corrected chi connectivity index (χ2v) is 8.39. The molecular weight excluding hydrogens is 402 g/mol. The SMILES string of the molecule is CCc1nc2ccc(Cl)cn2c1C(=O)NCc1ccc2c(c1)OCC(C1CCC1)O2. The van der Waals surface area contributed by atoms with E-state index in [0.29, 0.717) is 41.9 Å². The molecule has 1 saturated carbocycles. The van der Waals surface area contributed by atoms with E-state index >= 15 is 0 Å². The van der Waals surface area contributed by atoms with E-state index in [0.717, 1.165) is 22.8 Å². The lowest BCUT2D eigenvalue weighted by molar-refractivity contribution is 0.0186. The van der Waals surface area contributed by atoms with Crippen molar-refractivity contribution in [3.63, 3.8) is 0 Å². The van der Waals surface area contributed by atoms with Crippen molar-refractivity contribution < 1.29 is 14.3 Å². The minimum Gasteiger partial charge on any atom is -0.486 e. The summed E-state index contributed by atoms with van der Waals surface area (Å²) in [5.74, 6) is 1.97. The second kappa shape index (κ2) is 7.84. The molecule has 1 fully saturated rings. The Kier molecular flexibility index (Phi) is 5.03. The van der Waals surface area contributed by atoms with Crippen LogP contribution in [0.4, 0.5) is 0 Å². The molecule has 1 aromatic carbocycles. The Labute approximate surface area is 180 Å². The fourth-order valence-electron chi connectivity index (χ4n) is 4.11. The van der Waals surface area contributed by atoms with Crippen LogP contribution in [-0.2, 0) is 13.0 Å². The van der Waals surface area contributed by atoms with Gasteiger partial charge in [0.2, 0.25) is 0 Å². The van der Waals surface area contributed by atoms with Gasteiger partial charge >= 0.3 is 0 Å². The summed E-state index contributed by atoms with van der Waals surface area (Å²) in [4.78, 5) is 17.5. The Morgan fingerprint density at radius 3 is 2.90 bits per heavy atom. The maximum absolute atomic E-state index is 13.0. The van der Waals surface area contributed by atoms with E-state index < -0.39 is 0 Å². The smallest absolute Gasteiger partial charge is 0.270 e. The molecule has 1 aliphatic carbocycles. The molecule has 3 heterocycles. The van der Waals surface area contributed by atoms with Crippen LogP contribution in [0.3, 0.4) is 0 Å². The highest BCUT2D eigenvalue weighted by atomic mass is 35.5. The Balaban J connectivity index is 1.30. The van der Waals surface area contributed by atoms with Crippen molar-refractivity contribution in [2.24, 2.45) is 5.92 Å². The third kappa shape index (κ3) is 3.49. The lowest BCUT2D eigenvalue weighted by atomic mass is 9.81. The van der Waals surface area contributed by atoms with Gasteiger partial charge in [-0.2, -0.15) is 0 Å². The molecule has 0 bridgehead atoms. The van der Waals surface area contributed by atoms with E-state index in [1.807, 2.05) is 31.2 Å². The van der Waals surface area contributed by atoms with Crippen LogP contribution in [0, 0.1) is 5.92 Å². The van der Waals surface area contributed by atoms with Gasteiger partial charge in [-0.15, -0.1) is 0 Å². The predicted molar refractivity (Wildman–Crippen MR) is 114 cm³/mol. The summed E-state index contributed by atoms with van der Waals surface area (Å²) in [6, 6.07) is 9.44. The Morgan fingerprint density at radius 1 is 1.27 bits per heavy atom. The van der Waals surface area contributed by atoms with Crippen LogP contribution in [0.25, 0.3) is 5.65 Å². The van der Waals surface area contributed by atoms with Crippen LogP contribution < -0.4 is 14.8 Å². The first-order valence-corrected chi connectivity index (χ1v) is 10.9. The highest BCUT2D eigenvalue weighted by molar-refractivity contribution is 6.30. The van der Waals surface area contributed by atoms with E-state index in [9.17, 15) is 4.79 Å². The number of rotatable bonds is 5. The molecule has 30 heavy (non-hydrogen) atoms. The summed E-state index contributed by atoms with van der Waals surface area (Å²) in [7, 11) is 0. The summed E-state index contributed by atoms with van der Waals surface area (Å²) in [5.41, 5.74) is 2.94. The standard InChI is InChI=1S/C23H24ClN3O3/c1-2-17-22(27-12-16(24)7-9-21(27)26-17)23(28)25-11-14-6-8-18-19(10-14)29-13-20(30-18)15-4-3-5-15/h6-10,12,15,20H,2-5,11,13H2,1H3,(H,25,28). The molecule has 1 aliphatic heterocycles. The topological polar surface area (TPSA) is 64.9 Å². The summed E-state index contributed by atoms with van der Waals surface area (Å²) in [5, 5.41) is 3.56. The molecule has 5 rings (SSSR count). The van der Waals surface area contributed by atoms with Gasteiger partial charge in [0.1, 0.15) is 24.1 Å². The lowest BCUT2D eigenvalue weighted by Crippen LogP contribution is -2.39. The average molecular weight is 426 g/mol. The number of aromatic nitrogens is 2. The third-order valence-corrected chi connectivity index (χ3v) is 6.25. The lowest BCUT2D eigenvalue weighted by Gasteiger charge is -2.36. The molecule has 3 aromatic rings. The first kappa shape index (κ1) is 19.2. The first-order valence-electron chi connectivity index (χ1n) is 10.5. The number of amides is 1. The van der Waals surface area contributed by atoms with Crippen molar-refractivity contribution in [3.8, 4) is 11.5 Å². The molecule has 1 amide bonds. The van der Waals surface area contributed by atoms with Gasteiger partial charge in [0.15, 0.2) is 11.5 Å². The van der Waals surface area contributed by atoms with Crippen molar-refractivity contribution in [1.29, 1.82) is 0 Å². The molecular formula is C23H24ClN3O3. The van der Waals surface area contributed by atoms with Crippen molar-refractivity contribution in [2.45, 2.75) is 45.3 Å². The van der Waals surface area contributed by atoms with Gasteiger partial charge in [-0.1, -0.05) is 31.0 Å². The van der Waals surface area contributed by atoms with Gasteiger partial charge in [0.25, 0.3) is 5.91 Å². The van der Waals surface area contributed by atoms with Crippen molar-refractivity contribution >= 4 is 23.2 Å². The fourth-order valence-corrected chi connectivity index (χ4v) is 4.27. The van der Waals surface area contributed by atoms with Crippen LogP contribution in [-0.4, -0.2) is 28.0 Å². The van der Waals surface area contributed by atoms with Crippen molar-refractivity contribution in [2.75, 3.05) is 6.61 Å². The molecule has 0 spiro atoms. The van der Waals surface area contributed by atoms with E-state index in [-0.39, 0.29) is 12.0 Å². The number of nitrogens with one attached hydrogen (secondary N) is 1. The van der Waals surface area contributed by atoms with Gasteiger partial charge in [-0.25, -0.2) is 4.98 Å². The summed E-state index contributed by atoms with van der Waals surface area (Å²) < 4.78 is 13.8. The number of ether oxygens (including phenoxy) is 2. The summed E-state index contributed by atoms with van der Waals surface area (Å²) in [6.45, 7) is 2.96. The Hall–Kier alpha value is -2.73. The van der Waals surface area contributed by atoms with Crippen LogP contribution in [0.5, 0.6) is 11.5 Å². The maximum atomic E-state index is 13.0. The maximum Gasteiger partial charge on any atom is 0.270 e. The third-order valence-electron chi connectivity index (χ3n) is 6.02. The summed E-state index contributed by atoms with van der Waals surface area (Å²) >= 11 is 6.12. The van der Waals surface area contributed by atoms with Gasteiger partial charge in [-0.3, -0.25) is 9.20 Å². The predicted octanol–water partition coefficient (Wildman–Crippen LogP) is 4.42. The molecule has 1 N–H and O–H groups in total. The number of carbonyl (C=O) groups excluding carboxylic acids is 1. The number of fused-ring (bicyclic) bond motifs is 2. The zero-order valence-corrected chi connectivity index (χ0v) is 17.6. The molecule has 6 nitrogen and oxygen atoms in total. The second-order valence-electron chi connectivity index (χ2n) is 7.96. The highest BCUT2D eigenvalue weighted by Gasteiger charge is 2.32. The highest BCUT2D eigenvalue weighted by Crippen LogP contribution is 2.38. The molecule has 156 valence electrons. The van der Waals surface area contributed by atoms with Crippen molar-refractivity contribution in [3.05, 3.63) is 58.5 Å². The van der Waals surface area contributed by atoms with E-state index in [2.05, 4.69) is 10.3 Å². The molecule has 0 saturated heterocycles. The number of carbonyl (C=O) groups is 1. The summed E-state index contributed by atoms with van der Waals surface area (Å²) in [6.07, 6.45) is 6.28. The number of pyridine rings is 1. The van der Waals surface area contributed by atoms with Crippen molar-refractivity contribution in [1.82, 2.24) is 14.7 Å². The van der Waals surface area contributed by atoms with Gasteiger partial charge < -0.3 is 14.8 Å². The van der Waals surface area contributed by atoms with Gasteiger partial charge in [-0.05, 0) is 55.0 Å². The Bertz CT molecular complexity index is 1110. The number of nitrogens with zero attached hydrogens (tertiary/aromatic N) is 2. The van der Waals surface area contributed by atoms with Crippen LogP contribution in [0.15, 0.2) is 36.5 Å². The number of imidazole rings is 1. The molecule has 7 heteroatoms. The fraction of sp³-hybridized carbons (Fsp3) is 0.391. The number of halogens is 1. The van der Waals surface area contributed by atoms with Crippen LogP contribution >= 0.6 is 11.6 Å². The minimum atomic E-state index is -0.179. The average Bonchev–Trinajstić information content (AvgIpc) is 3.08. The molecule has 0 radical (unpaired) electrons. The largest absolute Gasteiger partial charge is 0.486 e. The number of hydrogen-bond donors (Lipinski definition) is 1. The van der Waals surface area contributed by atoms with Gasteiger partial charge in [0, 0.05) is 12.7 Å². The monoisotopic (exact) mass is 425 g/mol. The first-order chi connectivity index (χ1) is 14.6. The number of aryl methyl sites for hydroxylation is 1. The molecule has 2 aromatic heterocycles. The number of hydrogen-bond acceptors (Lipinski definition) is 4. The number of benzene rings is 1. The molecule has 2 aliphatic rings. The molecule has 1 atom stereocenters.